The van der Waals surface area contributed by atoms with Crippen molar-refractivity contribution in [2.75, 3.05) is 0 Å². The van der Waals surface area contributed by atoms with Crippen LogP contribution in [-0.4, -0.2) is 11.6 Å². The molecule has 2 saturated carbocycles. The molecular formula is C9H12O2. The maximum atomic E-state index is 11.3. The maximum absolute atomic E-state index is 11.3. The van der Waals surface area contributed by atoms with Gasteiger partial charge in [-0.2, -0.15) is 0 Å². The fourth-order valence-corrected chi connectivity index (χ4v) is 2.17. The lowest BCUT2D eigenvalue weighted by molar-refractivity contribution is -0.126. The summed E-state index contributed by atoms with van der Waals surface area (Å²) in [5, 5.41) is 0. The van der Waals surface area contributed by atoms with E-state index in [4.69, 9.17) is 0 Å². The molecule has 0 aromatic carbocycles. The van der Waals surface area contributed by atoms with Gasteiger partial charge in [0.15, 0.2) is 0 Å². The lowest BCUT2D eigenvalue weighted by atomic mass is 9.97. The average molecular weight is 152 g/mol. The number of fused-ring (bicyclic) bond motifs is 1. The van der Waals surface area contributed by atoms with Crippen molar-refractivity contribution in [1.29, 1.82) is 0 Å². The van der Waals surface area contributed by atoms with Crippen LogP contribution in [0.1, 0.15) is 26.2 Å². The van der Waals surface area contributed by atoms with E-state index in [1.807, 2.05) is 0 Å². The standard InChI is InChI=1S/C9H12O2/c1-5(10)2-7-3-6-4-8(6)9(7)11/h6-8H,2-4H2,1H3. The van der Waals surface area contributed by atoms with Crippen LogP contribution in [0.15, 0.2) is 0 Å². The Kier molecular flexibility index (Phi) is 1.38. The van der Waals surface area contributed by atoms with Crippen molar-refractivity contribution in [1.82, 2.24) is 0 Å². The molecule has 0 aliphatic heterocycles. The smallest absolute Gasteiger partial charge is 0.139 e. The van der Waals surface area contributed by atoms with Crippen molar-refractivity contribution in [2.45, 2.75) is 26.2 Å². The molecule has 3 unspecified atom stereocenters. The van der Waals surface area contributed by atoms with Crippen molar-refractivity contribution < 1.29 is 9.59 Å². The Hall–Kier alpha value is -0.660. The summed E-state index contributed by atoms with van der Waals surface area (Å²) in [4.78, 5) is 22.0. The van der Waals surface area contributed by atoms with Crippen LogP contribution in [-0.2, 0) is 9.59 Å². The summed E-state index contributed by atoms with van der Waals surface area (Å²) in [7, 11) is 0. The zero-order chi connectivity index (χ0) is 8.01. The quantitative estimate of drug-likeness (QED) is 0.595. The van der Waals surface area contributed by atoms with Gasteiger partial charge >= 0.3 is 0 Å². The van der Waals surface area contributed by atoms with Gasteiger partial charge in [0.25, 0.3) is 0 Å². The van der Waals surface area contributed by atoms with Gasteiger partial charge in [-0.25, -0.2) is 0 Å². The van der Waals surface area contributed by atoms with Crippen molar-refractivity contribution in [3.05, 3.63) is 0 Å². The first-order valence-corrected chi connectivity index (χ1v) is 4.21. The van der Waals surface area contributed by atoms with E-state index in [9.17, 15) is 9.59 Å². The minimum atomic E-state index is 0.0937. The van der Waals surface area contributed by atoms with Gasteiger partial charge in [0, 0.05) is 18.3 Å². The minimum Gasteiger partial charge on any atom is -0.300 e. The Balaban J connectivity index is 1.96. The van der Waals surface area contributed by atoms with E-state index in [1.165, 1.54) is 0 Å². The molecule has 0 saturated heterocycles. The Bertz CT molecular complexity index is 220. The van der Waals surface area contributed by atoms with Crippen molar-refractivity contribution in [2.24, 2.45) is 17.8 Å². The van der Waals surface area contributed by atoms with Crippen LogP contribution < -0.4 is 0 Å². The van der Waals surface area contributed by atoms with E-state index < -0.39 is 0 Å². The first-order valence-electron chi connectivity index (χ1n) is 4.21. The Morgan fingerprint density at radius 3 is 2.73 bits per heavy atom. The largest absolute Gasteiger partial charge is 0.300 e. The molecule has 2 aliphatic rings. The highest BCUT2D eigenvalue weighted by Crippen LogP contribution is 2.52. The summed E-state index contributed by atoms with van der Waals surface area (Å²) >= 11 is 0. The third kappa shape index (κ3) is 1.10. The third-order valence-electron chi connectivity index (χ3n) is 2.81. The van der Waals surface area contributed by atoms with Crippen LogP contribution in [0.2, 0.25) is 0 Å². The zero-order valence-corrected chi connectivity index (χ0v) is 6.67. The second kappa shape index (κ2) is 2.16. The first-order chi connectivity index (χ1) is 5.18. The molecule has 0 bridgehead atoms. The van der Waals surface area contributed by atoms with Gasteiger partial charge < -0.3 is 4.79 Å². The fourth-order valence-electron chi connectivity index (χ4n) is 2.17. The number of hydrogen-bond donors (Lipinski definition) is 0. The van der Waals surface area contributed by atoms with E-state index in [0.717, 1.165) is 12.8 Å². The predicted molar refractivity (Wildman–Crippen MR) is 40.0 cm³/mol. The third-order valence-corrected chi connectivity index (χ3v) is 2.81. The van der Waals surface area contributed by atoms with E-state index in [0.29, 0.717) is 24.0 Å². The van der Waals surface area contributed by atoms with Crippen LogP contribution in [0.25, 0.3) is 0 Å². The summed E-state index contributed by atoms with van der Waals surface area (Å²) < 4.78 is 0. The predicted octanol–water partition coefficient (Wildman–Crippen LogP) is 1.19. The summed E-state index contributed by atoms with van der Waals surface area (Å²) in [6.07, 6.45) is 2.59. The average Bonchev–Trinajstić information content (AvgIpc) is 2.58. The molecule has 11 heavy (non-hydrogen) atoms. The van der Waals surface area contributed by atoms with Gasteiger partial charge in [0.2, 0.25) is 0 Å². The second-order valence-corrected chi connectivity index (χ2v) is 3.84. The van der Waals surface area contributed by atoms with Gasteiger partial charge in [0.05, 0.1) is 0 Å². The molecule has 0 spiro atoms. The fraction of sp³-hybridized carbons (Fsp3) is 0.778. The van der Waals surface area contributed by atoms with E-state index >= 15 is 0 Å². The molecule has 0 amide bonds. The van der Waals surface area contributed by atoms with Gasteiger partial charge in [0.1, 0.15) is 11.6 Å². The van der Waals surface area contributed by atoms with Crippen LogP contribution in [0.4, 0.5) is 0 Å². The van der Waals surface area contributed by atoms with Gasteiger partial charge in [-0.05, 0) is 25.7 Å². The highest BCUT2D eigenvalue weighted by atomic mass is 16.1. The van der Waals surface area contributed by atoms with Crippen molar-refractivity contribution >= 4 is 11.6 Å². The molecule has 2 rings (SSSR count). The molecule has 0 radical (unpaired) electrons. The summed E-state index contributed by atoms with van der Waals surface area (Å²) in [6.45, 7) is 1.57. The summed E-state index contributed by atoms with van der Waals surface area (Å²) in [5.74, 6) is 1.64. The Morgan fingerprint density at radius 2 is 2.27 bits per heavy atom. The molecule has 0 aromatic heterocycles. The van der Waals surface area contributed by atoms with E-state index in [-0.39, 0.29) is 11.7 Å². The van der Waals surface area contributed by atoms with Crippen LogP contribution in [0.5, 0.6) is 0 Å². The first kappa shape index (κ1) is 7.01. The molecule has 2 fully saturated rings. The van der Waals surface area contributed by atoms with Crippen molar-refractivity contribution in [3.8, 4) is 0 Å². The van der Waals surface area contributed by atoms with Crippen LogP contribution in [0.3, 0.4) is 0 Å². The SMILES string of the molecule is CC(=O)CC1CC2CC2C1=O. The van der Waals surface area contributed by atoms with Crippen LogP contribution >= 0.6 is 0 Å². The van der Waals surface area contributed by atoms with E-state index in [1.54, 1.807) is 6.92 Å². The van der Waals surface area contributed by atoms with E-state index in [2.05, 4.69) is 0 Å². The van der Waals surface area contributed by atoms with Crippen molar-refractivity contribution in [3.63, 3.8) is 0 Å². The normalized spacial score (nSPS) is 40.5. The van der Waals surface area contributed by atoms with Crippen LogP contribution in [0, 0.1) is 17.8 Å². The molecule has 2 aliphatic carbocycles. The highest BCUT2D eigenvalue weighted by Gasteiger charge is 2.52. The number of carbonyl (C=O) groups is 2. The molecule has 2 nitrogen and oxygen atoms in total. The number of Topliss-reactive ketones (excluding diaryl/α,β-unsaturated/α-hetero) is 2. The molecule has 60 valence electrons. The number of rotatable bonds is 2. The topological polar surface area (TPSA) is 34.1 Å². The second-order valence-electron chi connectivity index (χ2n) is 3.84. The molecule has 3 atom stereocenters. The minimum absolute atomic E-state index is 0.0937. The zero-order valence-electron chi connectivity index (χ0n) is 6.67. The Labute approximate surface area is 66.0 Å². The highest BCUT2D eigenvalue weighted by molar-refractivity contribution is 5.92. The lowest BCUT2D eigenvalue weighted by Gasteiger charge is -2.06. The molecule has 0 aromatic rings. The molecule has 0 heterocycles. The number of hydrogen-bond acceptors (Lipinski definition) is 2. The number of ketones is 2. The molecule has 0 N–H and O–H groups in total. The lowest BCUT2D eigenvalue weighted by Crippen LogP contribution is -2.14. The monoisotopic (exact) mass is 152 g/mol. The molecule has 2 heteroatoms. The Morgan fingerprint density at radius 1 is 1.55 bits per heavy atom. The van der Waals surface area contributed by atoms with Gasteiger partial charge in [-0.1, -0.05) is 0 Å². The number of carbonyl (C=O) groups excluding carboxylic acids is 2. The summed E-state index contributed by atoms with van der Waals surface area (Å²) in [5.41, 5.74) is 0. The maximum Gasteiger partial charge on any atom is 0.139 e. The summed E-state index contributed by atoms with van der Waals surface area (Å²) in [6, 6.07) is 0. The molecular weight excluding hydrogens is 140 g/mol. The van der Waals surface area contributed by atoms with Gasteiger partial charge in [-0.3, -0.25) is 4.79 Å². The van der Waals surface area contributed by atoms with Gasteiger partial charge in [-0.15, -0.1) is 0 Å².